The molecule has 1 aliphatic rings. The van der Waals surface area contributed by atoms with Crippen molar-refractivity contribution in [2.75, 3.05) is 26.3 Å². The number of morpholine rings is 1. The minimum absolute atomic E-state index is 0.0973. The van der Waals surface area contributed by atoms with E-state index in [4.69, 9.17) is 9.47 Å². The van der Waals surface area contributed by atoms with Gasteiger partial charge >= 0.3 is 5.97 Å². The molecule has 0 radical (unpaired) electrons. The lowest BCUT2D eigenvalue weighted by molar-refractivity contribution is -0.142. The SMILES string of the molecule is CC(=O)OCc1sc(CN2CCOCC2)c2sc(=O)sc12. The monoisotopic (exact) mass is 345 g/mol. The maximum absolute atomic E-state index is 11.7. The van der Waals surface area contributed by atoms with Crippen molar-refractivity contribution < 1.29 is 14.3 Å². The number of carbonyl (C=O) groups excluding carboxylic acids is 1. The predicted molar refractivity (Wildman–Crippen MR) is 85.4 cm³/mol. The second-order valence-corrected chi connectivity index (χ2v) is 8.14. The van der Waals surface area contributed by atoms with E-state index >= 15 is 0 Å². The number of thiophene rings is 1. The van der Waals surface area contributed by atoms with Crippen LogP contribution < -0.4 is 4.06 Å². The number of ether oxygens (including phenoxy) is 2. The van der Waals surface area contributed by atoms with E-state index in [1.807, 2.05) is 0 Å². The van der Waals surface area contributed by atoms with Crippen LogP contribution in [0.3, 0.4) is 0 Å². The van der Waals surface area contributed by atoms with Crippen molar-refractivity contribution in [1.29, 1.82) is 0 Å². The van der Waals surface area contributed by atoms with Gasteiger partial charge in [0.15, 0.2) is 0 Å². The molecule has 0 bridgehead atoms. The molecule has 1 fully saturated rings. The van der Waals surface area contributed by atoms with E-state index in [1.165, 1.54) is 34.5 Å². The third kappa shape index (κ3) is 3.51. The number of esters is 1. The summed E-state index contributed by atoms with van der Waals surface area (Å²) < 4.78 is 12.6. The molecule has 3 heterocycles. The van der Waals surface area contributed by atoms with Gasteiger partial charge in [-0.1, -0.05) is 22.7 Å². The van der Waals surface area contributed by atoms with Crippen LogP contribution in [0.4, 0.5) is 0 Å². The van der Waals surface area contributed by atoms with Gasteiger partial charge in [0.2, 0.25) is 0 Å². The summed E-state index contributed by atoms with van der Waals surface area (Å²) in [4.78, 5) is 27.2. The van der Waals surface area contributed by atoms with E-state index in [2.05, 4.69) is 4.90 Å². The van der Waals surface area contributed by atoms with Crippen molar-refractivity contribution in [3.8, 4) is 0 Å². The lowest BCUT2D eigenvalue weighted by Crippen LogP contribution is -2.35. The third-order valence-corrected chi connectivity index (χ3v) is 6.89. The molecule has 1 saturated heterocycles. The second-order valence-electron chi connectivity index (χ2n) is 4.73. The van der Waals surface area contributed by atoms with Gasteiger partial charge in [-0.25, -0.2) is 0 Å². The van der Waals surface area contributed by atoms with Gasteiger partial charge in [-0.2, -0.15) is 0 Å². The van der Waals surface area contributed by atoms with Gasteiger partial charge in [0, 0.05) is 31.4 Å². The van der Waals surface area contributed by atoms with Gasteiger partial charge in [-0.3, -0.25) is 14.5 Å². The third-order valence-electron chi connectivity index (χ3n) is 3.21. The number of nitrogens with zero attached hydrogens (tertiary/aromatic N) is 1. The van der Waals surface area contributed by atoms with Crippen molar-refractivity contribution in [2.45, 2.75) is 20.1 Å². The Morgan fingerprint density at radius 3 is 2.52 bits per heavy atom. The first-order valence-corrected chi connectivity index (χ1v) is 9.06. The van der Waals surface area contributed by atoms with Crippen molar-refractivity contribution in [3.05, 3.63) is 18.6 Å². The number of hydrogen-bond donors (Lipinski definition) is 0. The summed E-state index contributed by atoms with van der Waals surface area (Å²) in [6, 6.07) is 0. The van der Waals surface area contributed by atoms with E-state index in [1.54, 1.807) is 11.3 Å². The summed E-state index contributed by atoms with van der Waals surface area (Å²) in [6.07, 6.45) is 0. The first-order valence-electron chi connectivity index (χ1n) is 6.61. The van der Waals surface area contributed by atoms with Crippen LogP contribution in [0.1, 0.15) is 16.7 Å². The Labute approximate surface area is 133 Å². The summed E-state index contributed by atoms with van der Waals surface area (Å²) >= 11 is 4.20. The van der Waals surface area contributed by atoms with E-state index in [0.717, 1.165) is 47.1 Å². The molecule has 0 saturated carbocycles. The molecular weight excluding hydrogens is 330 g/mol. The topological polar surface area (TPSA) is 55.8 Å². The fourth-order valence-corrected chi connectivity index (χ4v) is 5.93. The highest BCUT2D eigenvalue weighted by Gasteiger charge is 2.19. The van der Waals surface area contributed by atoms with Gasteiger partial charge < -0.3 is 9.47 Å². The Balaban J connectivity index is 1.86. The summed E-state index contributed by atoms with van der Waals surface area (Å²) in [5.41, 5.74) is 0. The Hall–Kier alpha value is -0.800. The van der Waals surface area contributed by atoms with Gasteiger partial charge in [-0.15, -0.1) is 11.3 Å². The lowest BCUT2D eigenvalue weighted by Gasteiger charge is -2.25. The zero-order valence-corrected chi connectivity index (χ0v) is 14.0. The summed E-state index contributed by atoms with van der Waals surface area (Å²) in [6.45, 7) is 5.83. The van der Waals surface area contributed by atoms with Crippen LogP contribution in [0, 0.1) is 0 Å². The zero-order valence-electron chi connectivity index (χ0n) is 11.5. The van der Waals surface area contributed by atoms with Crippen LogP contribution in [0.2, 0.25) is 0 Å². The van der Waals surface area contributed by atoms with Gasteiger partial charge in [-0.05, 0) is 0 Å². The van der Waals surface area contributed by atoms with Crippen LogP contribution in [0.25, 0.3) is 9.40 Å². The fraction of sp³-hybridized carbons (Fsp3) is 0.538. The molecule has 0 N–H and O–H groups in total. The maximum atomic E-state index is 11.7. The Morgan fingerprint density at radius 1 is 1.19 bits per heavy atom. The average Bonchev–Trinajstić information content (AvgIpc) is 2.97. The molecule has 0 atom stereocenters. The number of hydrogen-bond acceptors (Lipinski definition) is 8. The number of rotatable bonds is 4. The highest BCUT2D eigenvalue weighted by Crippen LogP contribution is 2.37. The summed E-state index contributed by atoms with van der Waals surface area (Å²) in [7, 11) is 0. The van der Waals surface area contributed by atoms with Gasteiger partial charge in [0.25, 0.3) is 4.06 Å². The molecule has 0 amide bonds. The molecule has 2 aromatic heterocycles. The number of fused-ring (bicyclic) bond motifs is 1. The van der Waals surface area contributed by atoms with Gasteiger partial charge in [0.1, 0.15) is 6.61 Å². The molecule has 0 spiro atoms. The molecule has 5 nitrogen and oxygen atoms in total. The minimum Gasteiger partial charge on any atom is -0.460 e. The van der Waals surface area contributed by atoms with Crippen LogP contribution in [0.5, 0.6) is 0 Å². The quantitative estimate of drug-likeness (QED) is 0.796. The zero-order chi connectivity index (χ0) is 14.8. The Bertz CT molecular complexity index is 696. The first-order chi connectivity index (χ1) is 10.1. The first kappa shape index (κ1) is 15.1. The number of carbonyl (C=O) groups is 1. The van der Waals surface area contributed by atoms with Crippen molar-refractivity contribution in [1.82, 2.24) is 4.90 Å². The Kier molecular flexibility index (Phi) is 4.70. The summed E-state index contributed by atoms with van der Waals surface area (Å²) in [5.74, 6) is -0.297. The smallest absolute Gasteiger partial charge is 0.302 e. The van der Waals surface area contributed by atoms with E-state index in [9.17, 15) is 9.59 Å². The largest absolute Gasteiger partial charge is 0.460 e. The van der Waals surface area contributed by atoms with Gasteiger partial charge in [0.05, 0.1) is 27.5 Å². The molecule has 8 heteroatoms. The molecular formula is C13H15NO4S3. The molecule has 0 aliphatic carbocycles. The summed E-state index contributed by atoms with van der Waals surface area (Å²) in [5, 5.41) is 0. The molecule has 2 aromatic rings. The standard InChI is InChI=1S/C13H15NO4S3/c1-8(15)18-7-10-12-11(20-13(16)21-12)9(19-10)6-14-2-4-17-5-3-14/h2-7H2,1H3. The van der Waals surface area contributed by atoms with Crippen molar-refractivity contribution in [2.24, 2.45) is 0 Å². The highest BCUT2D eigenvalue weighted by atomic mass is 32.2. The normalized spacial score (nSPS) is 16.4. The van der Waals surface area contributed by atoms with Crippen LogP contribution in [0.15, 0.2) is 4.79 Å². The molecule has 3 rings (SSSR count). The average molecular weight is 345 g/mol. The van der Waals surface area contributed by atoms with E-state index < -0.39 is 0 Å². The lowest BCUT2D eigenvalue weighted by atomic mass is 10.3. The molecule has 0 aromatic carbocycles. The Morgan fingerprint density at radius 2 is 1.86 bits per heavy atom. The van der Waals surface area contributed by atoms with E-state index in [0.29, 0.717) is 0 Å². The molecule has 1 aliphatic heterocycles. The molecule has 0 unspecified atom stereocenters. The van der Waals surface area contributed by atoms with Crippen molar-refractivity contribution >= 4 is 49.4 Å². The predicted octanol–water partition coefficient (Wildman–Crippen LogP) is 2.28. The molecule has 21 heavy (non-hydrogen) atoms. The van der Waals surface area contributed by atoms with Crippen LogP contribution >= 0.6 is 34.0 Å². The maximum Gasteiger partial charge on any atom is 0.302 e. The second kappa shape index (κ2) is 6.53. The van der Waals surface area contributed by atoms with Crippen molar-refractivity contribution in [3.63, 3.8) is 0 Å². The van der Waals surface area contributed by atoms with Crippen LogP contribution in [-0.4, -0.2) is 37.2 Å². The van der Waals surface area contributed by atoms with Crippen LogP contribution in [-0.2, 0) is 27.4 Å². The molecule has 114 valence electrons. The fourth-order valence-electron chi connectivity index (χ4n) is 2.22. The minimum atomic E-state index is -0.297. The highest BCUT2D eigenvalue weighted by molar-refractivity contribution is 7.38. The van der Waals surface area contributed by atoms with E-state index in [-0.39, 0.29) is 16.6 Å².